The predicted octanol–water partition coefficient (Wildman–Crippen LogP) is 5.15. The van der Waals surface area contributed by atoms with E-state index in [4.69, 9.17) is 29.7 Å². The average molecular weight is 1320 g/mol. The molecule has 6 aliphatic heterocycles. The topological polar surface area (TPSA) is 402 Å². The number of hydrogen-bond acceptors (Lipinski definition) is 20. The number of benzene rings is 4. The van der Waals surface area contributed by atoms with Gasteiger partial charge in [0.2, 0.25) is 23.1 Å². The summed E-state index contributed by atoms with van der Waals surface area (Å²) in [6.07, 6.45) is 6.95. The summed E-state index contributed by atoms with van der Waals surface area (Å²) < 4.78 is 69.8. The number of ether oxygens (including phenoxy) is 3. The third kappa shape index (κ3) is 13.7. The van der Waals surface area contributed by atoms with Crippen LogP contribution >= 0.6 is 23.5 Å². The summed E-state index contributed by atoms with van der Waals surface area (Å²) in [5, 5.41) is 31.1. The van der Waals surface area contributed by atoms with Crippen molar-refractivity contribution in [1.29, 1.82) is 0 Å². The zero-order valence-electron chi connectivity index (χ0n) is 49.7. The fourth-order valence-electron chi connectivity index (χ4n) is 13.1. The number of anilines is 2. The van der Waals surface area contributed by atoms with Gasteiger partial charge in [-0.15, -0.1) is 0 Å². The van der Waals surface area contributed by atoms with Crippen LogP contribution < -0.4 is 45.9 Å². The van der Waals surface area contributed by atoms with E-state index in [1.54, 1.807) is 18.2 Å². The Labute approximate surface area is 525 Å². The minimum Gasteiger partial charge on any atom is -0.468 e. The second-order valence-electron chi connectivity index (χ2n) is 23.2. The predicted molar refractivity (Wildman–Crippen MR) is 329 cm³/mol. The van der Waals surface area contributed by atoms with Crippen molar-refractivity contribution in [2.45, 2.75) is 115 Å². The quantitative estimate of drug-likeness (QED) is 0.00826. The van der Waals surface area contributed by atoms with Gasteiger partial charge in [-0.1, -0.05) is 24.3 Å². The maximum Gasteiger partial charge on any atom is 0.490 e. The molecule has 9 N–H and O–H groups in total. The number of nitrogens with zero attached hydrogens (tertiary/aromatic N) is 7. The minimum absolute atomic E-state index is 0.0190. The van der Waals surface area contributed by atoms with Crippen molar-refractivity contribution < 1.29 is 85.0 Å². The summed E-state index contributed by atoms with van der Waals surface area (Å²) in [5.74, 6) is 6.40. The number of nitrogens with one attached hydrogen (secondary N) is 2. The molecule has 2 aromatic heterocycles. The van der Waals surface area contributed by atoms with Crippen LogP contribution in [0.15, 0.2) is 54.9 Å². The summed E-state index contributed by atoms with van der Waals surface area (Å²) in [7, 11) is -17.0. The van der Waals surface area contributed by atoms with Gasteiger partial charge in [0, 0.05) is 101 Å². The van der Waals surface area contributed by atoms with Crippen molar-refractivity contribution in [2.24, 2.45) is 0 Å². The van der Waals surface area contributed by atoms with Crippen LogP contribution in [0.5, 0.6) is 17.4 Å². The van der Waals surface area contributed by atoms with E-state index in [1.165, 1.54) is 63.2 Å². The van der Waals surface area contributed by atoms with E-state index in [2.05, 4.69) is 72.2 Å². The summed E-state index contributed by atoms with van der Waals surface area (Å²) in [6, 6.07) is 14.1. The summed E-state index contributed by atoms with van der Waals surface area (Å²) in [5.41, 5.74) is 16.0. The maximum absolute atomic E-state index is 14.0. The molecule has 29 nitrogen and oxygen atoms in total. The number of rotatable bonds is 22. The zero-order valence-corrected chi connectivity index (χ0v) is 52.4. The smallest absolute Gasteiger partial charge is 0.468 e. The molecule has 0 radical (unpaired) electrons. The largest absolute Gasteiger partial charge is 0.490 e. The number of aliphatic hydroxyl groups is 1. The average Bonchev–Trinajstić information content (AvgIpc) is 0.836. The normalized spacial score (nSPS) is 19.6. The number of amides is 2. The number of nitrogen functional groups attached to an aromatic ring is 1. The number of nitro benzene ring substituents is 1. The number of hydrogen-bond donors (Lipinski definition) is 8. The molecule has 2 amide bonds. The van der Waals surface area contributed by atoms with Crippen LogP contribution in [0.4, 0.5) is 17.3 Å². The molecule has 6 aliphatic rings. The SMILES string of the molecule is CC(Oc1nc(N)nc2c1ncn2[C@H]1C[C@@H](O)[C@@H](COP(=O)(O)OP(=O)(O)OP(=O)(O)O)O1)c1ccc(C#CCNC(=O)CCCCCNC(=O)c2ccc(C=O)c(C3=c4cc5c6c(c4Oc4c3cc3c7c4CCCN7CCC3)CCC[N+]=6CCC5)c2)cc1[N+](=O)[O-]. The molecule has 1 saturated heterocycles. The van der Waals surface area contributed by atoms with Crippen LogP contribution in [0.2, 0.25) is 0 Å². The summed E-state index contributed by atoms with van der Waals surface area (Å²) in [6.45, 7) is 5.01. The Morgan fingerprint density at radius 1 is 0.913 bits per heavy atom. The van der Waals surface area contributed by atoms with Crippen LogP contribution in [-0.4, -0.2) is 125 Å². The number of carbonyl (C=O) groups is 3. The highest BCUT2D eigenvalue weighted by Crippen LogP contribution is 2.66. The number of fused-ring (bicyclic) bond motifs is 5. The standard InChI is InChI=1S/C60H65N10O19P3/c1-34(85-59-52-57(65-60(61)66-59)69(33-64-52)50-30-47(72)48(86-50)32-84-91(80,81)89-92(82,83)88-90(77,78)79)40-19-16-35(26-46(40)70(75)76)10-5-21-62-49(73)15-3-2-4-20-63-58(74)38-17-18-39(31-71)43(29-38)51-44-27-36-11-6-22-67-24-8-13-41(53(36)67)55(44)87-56-42-14-9-25-68-23-7-12-37(54(42)68)28-45(51)56/h16-19,26-29,31,33-34,47-48,50,72H,2-4,6-9,11-15,20-25,30,32H2,1H3,(H7-,61,62,63,65,66,73,74,77,78,79,80,81,82,83)/p+1/t34?,47-,48-,50-/m1/s1. The highest BCUT2D eigenvalue weighted by atomic mass is 31.3. The van der Waals surface area contributed by atoms with Crippen molar-refractivity contribution >= 4 is 75.6 Å². The number of aromatic nitrogens is 4. The third-order valence-electron chi connectivity index (χ3n) is 17.1. The first-order chi connectivity index (χ1) is 44.0. The number of unbranched alkanes of at least 4 members (excludes halogenated alkanes) is 2. The van der Waals surface area contributed by atoms with Gasteiger partial charge in [0.25, 0.3) is 11.6 Å². The van der Waals surface area contributed by atoms with Gasteiger partial charge in [0.05, 0.1) is 41.6 Å². The lowest BCUT2D eigenvalue weighted by Gasteiger charge is -2.39. The zero-order chi connectivity index (χ0) is 64.8. The van der Waals surface area contributed by atoms with Gasteiger partial charge in [-0.25, -0.2) is 23.3 Å². The number of aldehydes is 1. The monoisotopic (exact) mass is 1320 g/mol. The molecule has 0 aliphatic carbocycles. The van der Waals surface area contributed by atoms with E-state index in [0.717, 1.165) is 112 Å². The fraction of sp³-hybridized carbons (Fsp3) is 0.417. The lowest BCUT2D eigenvalue weighted by molar-refractivity contribution is -0.386. The van der Waals surface area contributed by atoms with E-state index in [1.807, 2.05) is 6.07 Å². The first-order valence-corrected chi connectivity index (χ1v) is 34.7. The van der Waals surface area contributed by atoms with Crippen LogP contribution in [0, 0.1) is 22.0 Å². The second-order valence-corrected chi connectivity index (χ2v) is 27.7. The summed E-state index contributed by atoms with van der Waals surface area (Å²) >= 11 is 0. The molecular formula is C60H66N10O19P3+. The van der Waals surface area contributed by atoms with Crippen molar-refractivity contribution in [3.8, 4) is 29.2 Å². The molecule has 6 aromatic rings. The number of phosphoric ester groups is 1. The molecule has 32 heteroatoms. The Morgan fingerprint density at radius 3 is 2.47 bits per heavy atom. The van der Waals surface area contributed by atoms with Crippen LogP contribution in [0.25, 0.3) is 16.7 Å². The van der Waals surface area contributed by atoms with Gasteiger partial charge in [-0.3, -0.25) is 33.6 Å². The number of aryl methyl sites for hydroxylation is 2. The molecule has 8 heterocycles. The van der Waals surface area contributed by atoms with E-state index >= 15 is 0 Å². The molecule has 92 heavy (non-hydrogen) atoms. The highest BCUT2D eigenvalue weighted by Gasteiger charge is 2.44. The van der Waals surface area contributed by atoms with Crippen molar-refractivity contribution in [3.05, 3.63) is 131 Å². The molecule has 1 fully saturated rings. The Bertz CT molecular complexity index is 4370. The summed E-state index contributed by atoms with van der Waals surface area (Å²) in [4.78, 5) is 104. The number of imidazole rings is 1. The van der Waals surface area contributed by atoms with Gasteiger partial charge >= 0.3 is 23.5 Å². The number of nitro groups is 1. The Balaban J connectivity index is 0.639. The fourth-order valence-corrected chi connectivity index (χ4v) is 16.2. The Hall–Kier alpha value is -7.80. The Morgan fingerprint density at radius 2 is 1.68 bits per heavy atom. The first kappa shape index (κ1) is 64.3. The third-order valence-corrected chi connectivity index (χ3v) is 20.9. The molecule has 0 saturated carbocycles. The highest BCUT2D eigenvalue weighted by molar-refractivity contribution is 7.66. The maximum atomic E-state index is 14.0. The van der Waals surface area contributed by atoms with Crippen LogP contribution in [-0.2, 0) is 62.1 Å². The number of carbonyl (C=O) groups excluding carboxylic acids is 3. The van der Waals surface area contributed by atoms with Gasteiger partial charge in [0.1, 0.15) is 43.0 Å². The van der Waals surface area contributed by atoms with Gasteiger partial charge in [-0.2, -0.15) is 18.6 Å². The lowest BCUT2D eigenvalue weighted by Crippen LogP contribution is -2.45. The molecular weight excluding hydrogens is 1260 g/mol. The molecule has 4 aromatic carbocycles. The van der Waals surface area contributed by atoms with Crippen molar-refractivity contribution in [1.82, 2.24) is 34.7 Å². The number of aliphatic hydroxyl groups excluding tert-OH is 1. The molecule has 6 atom stereocenters. The van der Waals surface area contributed by atoms with Crippen LogP contribution in [0.1, 0.15) is 142 Å². The minimum atomic E-state index is -5.80. The van der Waals surface area contributed by atoms with Crippen LogP contribution in [0.3, 0.4) is 0 Å². The molecule has 484 valence electrons. The van der Waals surface area contributed by atoms with E-state index in [-0.39, 0.29) is 71.0 Å². The molecule has 0 spiro atoms. The number of phosphoric acid groups is 3. The molecule has 12 rings (SSSR count). The van der Waals surface area contributed by atoms with Crippen molar-refractivity contribution in [2.75, 3.05) is 56.5 Å². The Kier molecular flexibility index (Phi) is 18.4. The van der Waals surface area contributed by atoms with E-state index < -0.39 is 59.5 Å². The number of nitrogens with two attached hydrogens (primary N) is 1. The lowest BCUT2D eigenvalue weighted by atomic mass is 9.81. The van der Waals surface area contributed by atoms with E-state index in [9.17, 15) is 53.1 Å². The van der Waals surface area contributed by atoms with Gasteiger partial charge in [0.15, 0.2) is 17.5 Å². The molecule has 3 unspecified atom stereocenters. The van der Waals surface area contributed by atoms with E-state index in [0.29, 0.717) is 42.5 Å². The van der Waals surface area contributed by atoms with Crippen molar-refractivity contribution in [3.63, 3.8) is 0 Å². The van der Waals surface area contributed by atoms with Gasteiger partial charge in [-0.05, 0) is 106 Å². The second kappa shape index (κ2) is 26.3. The molecule has 0 bridgehead atoms. The van der Waals surface area contributed by atoms with Gasteiger partial charge < -0.3 is 60.2 Å². The first-order valence-electron chi connectivity index (χ1n) is 30.1.